The quantitative estimate of drug-likeness (QED) is 0.834. The Bertz CT molecular complexity index is 988. The molecular weight excluding hydrogens is 350 g/mol. The third-order valence-electron chi connectivity index (χ3n) is 4.76. The van der Waals surface area contributed by atoms with Crippen LogP contribution in [0.4, 0.5) is 0 Å². The van der Waals surface area contributed by atoms with Gasteiger partial charge in [0, 0.05) is 11.4 Å². The Balaban J connectivity index is 1.95. The van der Waals surface area contributed by atoms with Crippen molar-refractivity contribution in [2.45, 2.75) is 26.4 Å². The average Bonchev–Trinajstić information content (AvgIpc) is 2.72. The van der Waals surface area contributed by atoms with Crippen molar-refractivity contribution in [3.8, 4) is 23.6 Å². The van der Waals surface area contributed by atoms with Crippen molar-refractivity contribution in [2.75, 3.05) is 7.11 Å². The number of dihydropyridines is 1. The van der Waals surface area contributed by atoms with Crippen LogP contribution < -0.4 is 14.8 Å². The Hall–Kier alpha value is -3.70. The minimum atomic E-state index is -0.423. The van der Waals surface area contributed by atoms with E-state index in [-0.39, 0.29) is 0 Å². The molecule has 2 aromatic rings. The molecule has 0 fully saturated rings. The first-order valence-corrected chi connectivity index (χ1v) is 8.92. The van der Waals surface area contributed by atoms with Gasteiger partial charge < -0.3 is 14.8 Å². The smallest absolute Gasteiger partial charge is 0.161 e. The van der Waals surface area contributed by atoms with Gasteiger partial charge in [-0.05, 0) is 37.1 Å². The summed E-state index contributed by atoms with van der Waals surface area (Å²) < 4.78 is 11.4. The van der Waals surface area contributed by atoms with Gasteiger partial charge in [0.05, 0.1) is 36.3 Å². The van der Waals surface area contributed by atoms with Crippen LogP contribution in [0.25, 0.3) is 0 Å². The Morgan fingerprint density at radius 3 is 2.14 bits per heavy atom. The van der Waals surface area contributed by atoms with E-state index >= 15 is 0 Å². The molecule has 0 atom stereocenters. The van der Waals surface area contributed by atoms with Crippen molar-refractivity contribution in [1.29, 1.82) is 10.5 Å². The Kier molecular flexibility index (Phi) is 5.67. The zero-order valence-corrected chi connectivity index (χ0v) is 16.1. The minimum absolute atomic E-state index is 0.423. The lowest BCUT2D eigenvalue weighted by molar-refractivity contribution is 0.284. The lowest BCUT2D eigenvalue weighted by Crippen LogP contribution is -2.23. The minimum Gasteiger partial charge on any atom is -0.493 e. The third kappa shape index (κ3) is 3.70. The first-order chi connectivity index (χ1) is 13.6. The summed E-state index contributed by atoms with van der Waals surface area (Å²) in [6.07, 6.45) is 0. The van der Waals surface area contributed by atoms with E-state index in [4.69, 9.17) is 9.47 Å². The van der Waals surface area contributed by atoms with Crippen LogP contribution in [0, 0.1) is 22.7 Å². The predicted molar refractivity (Wildman–Crippen MR) is 106 cm³/mol. The zero-order valence-electron chi connectivity index (χ0n) is 16.1. The Morgan fingerprint density at radius 1 is 0.929 bits per heavy atom. The monoisotopic (exact) mass is 371 g/mol. The van der Waals surface area contributed by atoms with Gasteiger partial charge in [-0.15, -0.1) is 0 Å². The van der Waals surface area contributed by atoms with Crippen LogP contribution in [-0.2, 0) is 6.61 Å². The first-order valence-electron chi connectivity index (χ1n) is 8.92. The van der Waals surface area contributed by atoms with Crippen LogP contribution in [0.5, 0.6) is 11.5 Å². The molecule has 140 valence electrons. The standard InChI is InChI=1S/C23H21N3O2/c1-15-19(12-24)23(20(13-25)16(2)26-15)18-9-10-21(22(11-18)27-3)28-14-17-7-5-4-6-8-17/h4-11,23,26H,14H2,1-3H3. The van der Waals surface area contributed by atoms with Crippen molar-refractivity contribution >= 4 is 0 Å². The molecule has 3 rings (SSSR count). The lowest BCUT2D eigenvalue weighted by atomic mass is 9.81. The molecule has 0 bridgehead atoms. The second-order valence-electron chi connectivity index (χ2n) is 6.54. The molecule has 0 aromatic heterocycles. The molecule has 0 spiro atoms. The highest BCUT2D eigenvalue weighted by molar-refractivity contribution is 5.57. The van der Waals surface area contributed by atoms with Crippen molar-refractivity contribution in [1.82, 2.24) is 5.32 Å². The van der Waals surface area contributed by atoms with Gasteiger partial charge in [-0.2, -0.15) is 10.5 Å². The molecule has 0 saturated heterocycles. The largest absolute Gasteiger partial charge is 0.493 e. The SMILES string of the molecule is COc1cc(C2C(C#N)=C(C)NC(C)=C2C#N)ccc1OCc1ccccc1. The number of nitriles is 2. The summed E-state index contributed by atoms with van der Waals surface area (Å²) in [6, 6.07) is 19.9. The van der Waals surface area contributed by atoms with Crippen LogP contribution in [0.1, 0.15) is 30.9 Å². The van der Waals surface area contributed by atoms with Crippen molar-refractivity contribution in [3.63, 3.8) is 0 Å². The summed E-state index contributed by atoms with van der Waals surface area (Å²) >= 11 is 0. The number of hydrogen-bond donors (Lipinski definition) is 1. The number of ether oxygens (including phenoxy) is 2. The van der Waals surface area contributed by atoms with Crippen LogP contribution >= 0.6 is 0 Å². The van der Waals surface area contributed by atoms with Gasteiger partial charge in [-0.25, -0.2) is 0 Å². The van der Waals surface area contributed by atoms with E-state index in [1.54, 1.807) is 7.11 Å². The van der Waals surface area contributed by atoms with Gasteiger partial charge in [-0.3, -0.25) is 0 Å². The summed E-state index contributed by atoms with van der Waals surface area (Å²) in [7, 11) is 1.58. The number of benzene rings is 2. The van der Waals surface area contributed by atoms with Crippen molar-refractivity contribution < 1.29 is 9.47 Å². The Morgan fingerprint density at radius 2 is 1.57 bits per heavy atom. The molecule has 0 radical (unpaired) electrons. The van der Waals surface area contributed by atoms with Gasteiger partial charge in [-0.1, -0.05) is 36.4 Å². The first kappa shape index (κ1) is 19.1. The number of nitrogens with one attached hydrogen (secondary N) is 1. The molecule has 1 heterocycles. The van der Waals surface area contributed by atoms with E-state index in [2.05, 4.69) is 17.5 Å². The molecule has 1 N–H and O–H groups in total. The van der Waals surface area contributed by atoms with Crippen molar-refractivity contribution in [3.05, 3.63) is 82.2 Å². The van der Waals surface area contributed by atoms with E-state index in [0.717, 1.165) is 22.5 Å². The highest BCUT2D eigenvalue weighted by Crippen LogP contribution is 2.40. The van der Waals surface area contributed by atoms with Gasteiger partial charge in [0.25, 0.3) is 0 Å². The fourth-order valence-corrected chi connectivity index (χ4v) is 3.34. The van der Waals surface area contributed by atoms with Crippen LogP contribution in [0.2, 0.25) is 0 Å². The summed E-state index contributed by atoms with van der Waals surface area (Å²) in [5.74, 6) is 0.757. The molecule has 1 aliphatic heterocycles. The molecule has 5 heteroatoms. The maximum absolute atomic E-state index is 9.65. The number of nitrogens with zero attached hydrogens (tertiary/aromatic N) is 2. The summed E-state index contributed by atoms with van der Waals surface area (Å²) in [5, 5.41) is 22.4. The summed E-state index contributed by atoms with van der Waals surface area (Å²) in [5.41, 5.74) is 4.45. The fourth-order valence-electron chi connectivity index (χ4n) is 3.34. The van der Waals surface area contributed by atoms with E-state index in [0.29, 0.717) is 29.3 Å². The van der Waals surface area contributed by atoms with Crippen molar-refractivity contribution in [2.24, 2.45) is 0 Å². The van der Waals surface area contributed by atoms with Crippen LogP contribution in [-0.4, -0.2) is 7.11 Å². The van der Waals surface area contributed by atoms with Gasteiger partial charge >= 0.3 is 0 Å². The molecule has 0 aliphatic carbocycles. The second-order valence-corrected chi connectivity index (χ2v) is 6.54. The van der Waals surface area contributed by atoms with Crippen LogP contribution in [0.3, 0.4) is 0 Å². The van der Waals surface area contributed by atoms with E-state index < -0.39 is 5.92 Å². The number of rotatable bonds is 5. The topological polar surface area (TPSA) is 78.1 Å². The zero-order chi connectivity index (χ0) is 20.1. The average molecular weight is 371 g/mol. The molecule has 1 aliphatic rings. The maximum Gasteiger partial charge on any atom is 0.161 e. The third-order valence-corrected chi connectivity index (χ3v) is 4.76. The van der Waals surface area contributed by atoms with Gasteiger partial charge in [0.1, 0.15) is 6.61 Å². The van der Waals surface area contributed by atoms with E-state index in [9.17, 15) is 10.5 Å². The number of methoxy groups -OCH3 is 1. The second kappa shape index (κ2) is 8.33. The highest BCUT2D eigenvalue weighted by Gasteiger charge is 2.30. The number of hydrogen-bond acceptors (Lipinski definition) is 5. The summed E-state index contributed by atoms with van der Waals surface area (Å²) in [4.78, 5) is 0. The fraction of sp³-hybridized carbons (Fsp3) is 0.217. The lowest BCUT2D eigenvalue weighted by Gasteiger charge is -2.26. The molecule has 0 unspecified atom stereocenters. The Labute approximate surface area is 165 Å². The maximum atomic E-state index is 9.65. The van der Waals surface area contributed by atoms with Gasteiger partial charge in [0.2, 0.25) is 0 Å². The van der Waals surface area contributed by atoms with Crippen LogP contribution in [0.15, 0.2) is 71.1 Å². The molecule has 28 heavy (non-hydrogen) atoms. The molecule has 2 aromatic carbocycles. The predicted octanol–water partition coefficient (Wildman–Crippen LogP) is 4.56. The molecule has 0 amide bonds. The normalized spacial score (nSPS) is 14.2. The van der Waals surface area contributed by atoms with E-state index in [1.165, 1.54) is 0 Å². The molecular formula is C23H21N3O2. The molecule has 0 saturated carbocycles. The number of allylic oxidation sites excluding steroid dienone is 4. The molecule has 5 nitrogen and oxygen atoms in total. The summed E-state index contributed by atoms with van der Waals surface area (Å²) in [6.45, 7) is 4.12. The van der Waals surface area contributed by atoms with Gasteiger partial charge in [0.15, 0.2) is 11.5 Å². The highest BCUT2D eigenvalue weighted by atomic mass is 16.5. The van der Waals surface area contributed by atoms with E-state index in [1.807, 2.05) is 62.4 Å².